The molecule has 1 aromatic carbocycles. The van der Waals surface area contributed by atoms with Crippen LogP contribution in [0.5, 0.6) is 0 Å². The summed E-state index contributed by atoms with van der Waals surface area (Å²) in [6.07, 6.45) is 0.0302. The number of nitrogens with zero attached hydrogens (tertiary/aromatic N) is 1. The van der Waals surface area contributed by atoms with Crippen LogP contribution in [0.15, 0.2) is 18.2 Å². The van der Waals surface area contributed by atoms with Gasteiger partial charge in [0.2, 0.25) is 0 Å². The Balaban J connectivity index is 1.88. The molecule has 0 bridgehead atoms. The molecular weight excluding hydrogens is 256 g/mol. The van der Waals surface area contributed by atoms with Gasteiger partial charge in [0.05, 0.1) is 18.3 Å². The SMILES string of the molecule is CCN1CCOC(CNC(=O)c2ccc(N)cc2N)C1. The molecule has 1 aliphatic rings. The Morgan fingerprint density at radius 1 is 1.50 bits per heavy atom. The van der Waals surface area contributed by atoms with Crippen LogP contribution in [0.3, 0.4) is 0 Å². The van der Waals surface area contributed by atoms with Crippen molar-refractivity contribution in [3.8, 4) is 0 Å². The van der Waals surface area contributed by atoms with Crippen molar-refractivity contribution >= 4 is 17.3 Å². The summed E-state index contributed by atoms with van der Waals surface area (Å²) in [4.78, 5) is 14.4. The van der Waals surface area contributed by atoms with Gasteiger partial charge in [-0.1, -0.05) is 6.92 Å². The maximum absolute atomic E-state index is 12.1. The van der Waals surface area contributed by atoms with Crippen LogP contribution in [0.1, 0.15) is 17.3 Å². The minimum atomic E-state index is -0.195. The maximum Gasteiger partial charge on any atom is 0.253 e. The molecule has 1 aliphatic heterocycles. The van der Waals surface area contributed by atoms with Crippen molar-refractivity contribution in [1.29, 1.82) is 0 Å². The number of rotatable bonds is 4. The minimum Gasteiger partial charge on any atom is -0.399 e. The summed E-state index contributed by atoms with van der Waals surface area (Å²) in [5.74, 6) is -0.195. The Morgan fingerprint density at radius 3 is 3.00 bits per heavy atom. The molecule has 0 aliphatic carbocycles. The highest BCUT2D eigenvalue weighted by molar-refractivity contribution is 5.99. The van der Waals surface area contributed by atoms with Gasteiger partial charge in [-0.15, -0.1) is 0 Å². The van der Waals surface area contributed by atoms with Crippen LogP contribution in [0, 0.1) is 0 Å². The Hall–Kier alpha value is -1.79. The lowest BCUT2D eigenvalue weighted by molar-refractivity contribution is -0.0246. The van der Waals surface area contributed by atoms with Crippen molar-refractivity contribution < 1.29 is 9.53 Å². The van der Waals surface area contributed by atoms with E-state index in [0.29, 0.717) is 30.1 Å². The van der Waals surface area contributed by atoms with E-state index in [4.69, 9.17) is 16.2 Å². The summed E-state index contributed by atoms with van der Waals surface area (Å²) in [5.41, 5.74) is 12.8. The molecule has 0 aromatic heterocycles. The minimum absolute atomic E-state index is 0.0302. The highest BCUT2D eigenvalue weighted by Gasteiger charge is 2.20. The first-order valence-electron chi connectivity index (χ1n) is 6.87. The van der Waals surface area contributed by atoms with Gasteiger partial charge in [-0.2, -0.15) is 0 Å². The standard InChI is InChI=1S/C14H22N4O2/c1-2-18-5-6-20-11(9-18)8-17-14(19)12-4-3-10(15)7-13(12)16/h3-4,7,11H,2,5-6,8-9,15-16H2,1H3,(H,17,19). The van der Waals surface area contributed by atoms with Crippen LogP contribution < -0.4 is 16.8 Å². The topological polar surface area (TPSA) is 93.6 Å². The average Bonchev–Trinajstić information content (AvgIpc) is 2.45. The van der Waals surface area contributed by atoms with Crippen LogP contribution in [-0.4, -0.2) is 49.7 Å². The van der Waals surface area contributed by atoms with Crippen molar-refractivity contribution in [2.45, 2.75) is 13.0 Å². The molecule has 1 heterocycles. The summed E-state index contributed by atoms with van der Waals surface area (Å²) >= 11 is 0. The molecule has 6 heteroatoms. The number of hydrogen-bond acceptors (Lipinski definition) is 5. The van der Waals surface area contributed by atoms with Gasteiger partial charge in [-0.3, -0.25) is 9.69 Å². The third-order valence-corrected chi connectivity index (χ3v) is 3.48. The number of ether oxygens (including phenoxy) is 1. The van der Waals surface area contributed by atoms with E-state index in [1.54, 1.807) is 18.2 Å². The predicted octanol–water partition coefficient (Wildman–Crippen LogP) is 0.302. The van der Waals surface area contributed by atoms with Crippen LogP contribution in [0.25, 0.3) is 0 Å². The normalized spacial score (nSPS) is 19.8. The number of likely N-dealkylation sites (N-methyl/N-ethyl adjacent to an activating group) is 1. The molecule has 2 rings (SSSR count). The summed E-state index contributed by atoms with van der Waals surface area (Å²) < 4.78 is 5.64. The van der Waals surface area contributed by atoms with E-state index in [1.165, 1.54) is 0 Å². The van der Waals surface area contributed by atoms with Crippen LogP contribution in [0.2, 0.25) is 0 Å². The zero-order valence-corrected chi connectivity index (χ0v) is 11.8. The highest BCUT2D eigenvalue weighted by Crippen LogP contribution is 2.15. The van der Waals surface area contributed by atoms with Crippen LogP contribution in [0.4, 0.5) is 11.4 Å². The molecule has 1 unspecified atom stereocenters. The zero-order valence-electron chi connectivity index (χ0n) is 11.8. The van der Waals surface area contributed by atoms with Gasteiger partial charge in [0.1, 0.15) is 0 Å². The summed E-state index contributed by atoms with van der Waals surface area (Å²) in [7, 11) is 0. The fourth-order valence-corrected chi connectivity index (χ4v) is 2.28. The molecule has 5 N–H and O–H groups in total. The lowest BCUT2D eigenvalue weighted by Crippen LogP contribution is -2.47. The van der Waals surface area contributed by atoms with E-state index in [2.05, 4.69) is 17.1 Å². The average molecular weight is 278 g/mol. The molecule has 20 heavy (non-hydrogen) atoms. The molecule has 6 nitrogen and oxygen atoms in total. The maximum atomic E-state index is 12.1. The van der Waals surface area contributed by atoms with Gasteiger partial charge in [-0.25, -0.2) is 0 Å². The number of nitrogens with two attached hydrogens (primary N) is 2. The van der Waals surface area contributed by atoms with E-state index >= 15 is 0 Å². The number of carbonyl (C=O) groups is 1. The van der Waals surface area contributed by atoms with Gasteiger partial charge in [0, 0.05) is 31.0 Å². The number of nitrogen functional groups attached to an aromatic ring is 2. The lowest BCUT2D eigenvalue weighted by atomic mass is 10.1. The van der Waals surface area contributed by atoms with E-state index in [9.17, 15) is 4.79 Å². The molecule has 1 atom stereocenters. The van der Waals surface area contributed by atoms with E-state index in [-0.39, 0.29) is 12.0 Å². The second-order valence-corrected chi connectivity index (χ2v) is 4.94. The lowest BCUT2D eigenvalue weighted by Gasteiger charge is -2.32. The molecule has 1 amide bonds. The number of carbonyl (C=O) groups excluding carboxylic acids is 1. The van der Waals surface area contributed by atoms with Crippen molar-refractivity contribution in [2.75, 3.05) is 44.3 Å². The predicted molar refractivity (Wildman–Crippen MR) is 79.5 cm³/mol. The van der Waals surface area contributed by atoms with Crippen molar-refractivity contribution in [2.24, 2.45) is 0 Å². The zero-order chi connectivity index (χ0) is 14.5. The molecule has 0 radical (unpaired) electrons. The number of amides is 1. The van der Waals surface area contributed by atoms with Gasteiger partial charge in [0.25, 0.3) is 5.91 Å². The first-order valence-corrected chi connectivity index (χ1v) is 6.87. The number of benzene rings is 1. The molecule has 0 spiro atoms. The molecule has 0 saturated carbocycles. The van der Waals surface area contributed by atoms with E-state index < -0.39 is 0 Å². The highest BCUT2D eigenvalue weighted by atomic mass is 16.5. The number of anilines is 2. The number of morpholine rings is 1. The van der Waals surface area contributed by atoms with Gasteiger partial charge in [0.15, 0.2) is 0 Å². The fourth-order valence-electron chi connectivity index (χ4n) is 2.28. The van der Waals surface area contributed by atoms with Crippen LogP contribution in [-0.2, 0) is 4.74 Å². The first-order chi connectivity index (χ1) is 9.60. The molecule has 1 aromatic rings. The third kappa shape index (κ3) is 3.61. The fraction of sp³-hybridized carbons (Fsp3) is 0.500. The van der Waals surface area contributed by atoms with E-state index in [0.717, 1.165) is 19.6 Å². The van der Waals surface area contributed by atoms with Crippen molar-refractivity contribution in [1.82, 2.24) is 10.2 Å². The molecule has 1 fully saturated rings. The number of hydrogen-bond donors (Lipinski definition) is 3. The smallest absolute Gasteiger partial charge is 0.253 e. The third-order valence-electron chi connectivity index (χ3n) is 3.48. The van der Waals surface area contributed by atoms with E-state index in [1.807, 2.05) is 0 Å². The van der Waals surface area contributed by atoms with Crippen molar-refractivity contribution in [3.63, 3.8) is 0 Å². The molecule has 1 saturated heterocycles. The second kappa shape index (κ2) is 6.58. The second-order valence-electron chi connectivity index (χ2n) is 4.94. The Labute approximate surface area is 119 Å². The Bertz CT molecular complexity index is 478. The van der Waals surface area contributed by atoms with Gasteiger partial charge < -0.3 is 21.5 Å². The van der Waals surface area contributed by atoms with Gasteiger partial charge >= 0.3 is 0 Å². The quantitative estimate of drug-likeness (QED) is 0.689. The summed E-state index contributed by atoms with van der Waals surface area (Å²) in [6.45, 7) is 6.10. The number of nitrogens with one attached hydrogen (secondary N) is 1. The largest absolute Gasteiger partial charge is 0.399 e. The summed E-state index contributed by atoms with van der Waals surface area (Å²) in [5, 5.41) is 2.86. The van der Waals surface area contributed by atoms with Crippen LogP contribution >= 0.6 is 0 Å². The summed E-state index contributed by atoms with van der Waals surface area (Å²) in [6, 6.07) is 4.89. The monoisotopic (exact) mass is 278 g/mol. The Kier molecular flexibility index (Phi) is 4.81. The Morgan fingerprint density at radius 2 is 2.30 bits per heavy atom. The van der Waals surface area contributed by atoms with Gasteiger partial charge in [-0.05, 0) is 24.7 Å². The first kappa shape index (κ1) is 14.6. The molecular formula is C14H22N4O2. The van der Waals surface area contributed by atoms with Crippen molar-refractivity contribution in [3.05, 3.63) is 23.8 Å². The molecule has 110 valence electrons.